The molecule has 0 saturated heterocycles. The molecule has 1 atom stereocenters. The highest BCUT2D eigenvalue weighted by molar-refractivity contribution is 7.10. The van der Waals surface area contributed by atoms with Crippen LogP contribution in [0, 0.1) is 0 Å². The predicted molar refractivity (Wildman–Crippen MR) is 76.6 cm³/mol. The number of fused-ring (bicyclic) bond motifs is 1. The van der Waals surface area contributed by atoms with Gasteiger partial charge in [0, 0.05) is 10.6 Å². The van der Waals surface area contributed by atoms with Crippen molar-refractivity contribution in [2.75, 3.05) is 12.4 Å². The molecule has 0 aliphatic heterocycles. The number of anilines is 1. The molecule has 1 aromatic carbocycles. The summed E-state index contributed by atoms with van der Waals surface area (Å²) in [5.41, 5.74) is 2.65. The quantitative estimate of drug-likeness (QED) is 0.890. The lowest BCUT2D eigenvalue weighted by molar-refractivity contribution is 0.415. The second kappa shape index (κ2) is 5.02. The first-order valence-electron chi connectivity index (χ1n) is 6.33. The van der Waals surface area contributed by atoms with E-state index < -0.39 is 0 Å². The van der Waals surface area contributed by atoms with Gasteiger partial charge in [0.1, 0.15) is 5.75 Å². The van der Waals surface area contributed by atoms with Gasteiger partial charge in [0.2, 0.25) is 0 Å². The Morgan fingerprint density at radius 2 is 2.06 bits per heavy atom. The summed E-state index contributed by atoms with van der Waals surface area (Å²) >= 11 is 1.89. The van der Waals surface area contributed by atoms with E-state index in [1.54, 1.807) is 12.0 Å². The third-order valence-electron chi connectivity index (χ3n) is 3.48. The van der Waals surface area contributed by atoms with Crippen molar-refractivity contribution in [3.05, 3.63) is 46.2 Å². The van der Waals surface area contributed by atoms with Crippen molar-refractivity contribution in [2.45, 2.75) is 25.3 Å². The number of nitrogens with one attached hydrogen (secondary N) is 1. The van der Waals surface area contributed by atoms with Gasteiger partial charge < -0.3 is 10.1 Å². The summed E-state index contributed by atoms with van der Waals surface area (Å²) in [6.07, 6.45) is 3.74. The van der Waals surface area contributed by atoms with Crippen LogP contribution in [0.1, 0.15) is 29.3 Å². The molecule has 1 heterocycles. The van der Waals surface area contributed by atoms with Crippen molar-refractivity contribution in [1.82, 2.24) is 0 Å². The Bertz CT molecular complexity index is 518. The van der Waals surface area contributed by atoms with Gasteiger partial charge in [-0.05, 0) is 60.5 Å². The molecule has 94 valence electrons. The molecule has 0 radical (unpaired) electrons. The molecule has 0 fully saturated rings. The molecular weight excluding hydrogens is 242 g/mol. The summed E-state index contributed by atoms with van der Waals surface area (Å²) in [5, 5.41) is 5.83. The van der Waals surface area contributed by atoms with Crippen molar-refractivity contribution >= 4 is 17.0 Å². The molecule has 1 aromatic heterocycles. The largest absolute Gasteiger partial charge is 0.497 e. The van der Waals surface area contributed by atoms with E-state index in [-0.39, 0.29) is 0 Å². The van der Waals surface area contributed by atoms with Gasteiger partial charge in [0.15, 0.2) is 0 Å². The van der Waals surface area contributed by atoms with Crippen LogP contribution in [0.5, 0.6) is 5.75 Å². The van der Waals surface area contributed by atoms with E-state index in [1.165, 1.54) is 30.5 Å². The molecule has 2 nitrogen and oxygen atoms in total. The fourth-order valence-electron chi connectivity index (χ4n) is 2.52. The van der Waals surface area contributed by atoms with Crippen LogP contribution in [0.25, 0.3) is 0 Å². The molecule has 2 aromatic rings. The van der Waals surface area contributed by atoms with Gasteiger partial charge in [-0.3, -0.25) is 0 Å². The molecule has 3 rings (SSSR count). The normalized spacial score (nSPS) is 18.2. The van der Waals surface area contributed by atoms with Crippen LogP contribution in [0.15, 0.2) is 35.7 Å². The molecule has 1 unspecified atom stereocenters. The number of hydrogen-bond donors (Lipinski definition) is 1. The van der Waals surface area contributed by atoms with E-state index in [9.17, 15) is 0 Å². The first kappa shape index (κ1) is 11.6. The zero-order valence-corrected chi connectivity index (χ0v) is 11.3. The standard InChI is InChI=1S/C15H17NOS/c1-17-12-7-5-11(6-8-12)16-14-3-2-4-15-13(14)9-10-18-15/h5-10,14,16H,2-4H2,1H3. The monoisotopic (exact) mass is 259 g/mol. The van der Waals surface area contributed by atoms with Crippen LogP contribution < -0.4 is 10.1 Å². The lowest BCUT2D eigenvalue weighted by Gasteiger charge is -2.24. The van der Waals surface area contributed by atoms with Crippen LogP contribution in [0.3, 0.4) is 0 Å². The molecule has 1 aliphatic carbocycles. The van der Waals surface area contributed by atoms with Crippen molar-refractivity contribution in [3.63, 3.8) is 0 Å². The van der Waals surface area contributed by atoms with E-state index in [0.717, 1.165) is 5.75 Å². The number of thiophene rings is 1. The Morgan fingerprint density at radius 3 is 2.83 bits per heavy atom. The minimum Gasteiger partial charge on any atom is -0.497 e. The highest BCUT2D eigenvalue weighted by Crippen LogP contribution is 2.35. The average molecular weight is 259 g/mol. The van der Waals surface area contributed by atoms with Crippen molar-refractivity contribution in [1.29, 1.82) is 0 Å². The first-order valence-corrected chi connectivity index (χ1v) is 7.21. The maximum absolute atomic E-state index is 5.18. The van der Waals surface area contributed by atoms with Crippen molar-refractivity contribution < 1.29 is 4.74 Å². The molecule has 0 amide bonds. The zero-order valence-electron chi connectivity index (χ0n) is 10.5. The maximum atomic E-state index is 5.18. The second-order valence-corrected chi connectivity index (χ2v) is 5.62. The molecule has 18 heavy (non-hydrogen) atoms. The van der Waals surface area contributed by atoms with Gasteiger partial charge >= 0.3 is 0 Å². The molecule has 0 bridgehead atoms. The Kier molecular flexibility index (Phi) is 3.24. The van der Waals surface area contributed by atoms with E-state index in [0.29, 0.717) is 6.04 Å². The van der Waals surface area contributed by atoms with E-state index in [1.807, 2.05) is 23.5 Å². The van der Waals surface area contributed by atoms with E-state index in [2.05, 4.69) is 28.9 Å². The fourth-order valence-corrected chi connectivity index (χ4v) is 3.51. The average Bonchev–Trinajstić information content (AvgIpc) is 2.89. The fraction of sp³-hybridized carbons (Fsp3) is 0.333. The number of ether oxygens (including phenoxy) is 1. The van der Waals surface area contributed by atoms with Gasteiger partial charge in [-0.25, -0.2) is 0 Å². The summed E-state index contributed by atoms with van der Waals surface area (Å²) in [6, 6.07) is 10.9. The summed E-state index contributed by atoms with van der Waals surface area (Å²) in [4.78, 5) is 1.55. The molecule has 1 N–H and O–H groups in total. The van der Waals surface area contributed by atoms with Crippen LogP contribution in [-0.4, -0.2) is 7.11 Å². The van der Waals surface area contributed by atoms with Crippen LogP contribution in [0.4, 0.5) is 5.69 Å². The number of benzene rings is 1. The highest BCUT2D eigenvalue weighted by Gasteiger charge is 2.20. The van der Waals surface area contributed by atoms with Gasteiger partial charge in [0.25, 0.3) is 0 Å². The second-order valence-electron chi connectivity index (χ2n) is 4.62. The minimum atomic E-state index is 0.466. The van der Waals surface area contributed by atoms with Gasteiger partial charge in [-0.15, -0.1) is 11.3 Å². The molecule has 1 aliphatic rings. The van der Waals surface area contributed by atoms with Crippen LogP contribution >= 0.6 is 11.3 Å². The number of hydrogen-bond acceptors (Lipinski definition) is 3. The zero-order chi connectivity index (χ0) is 12.4. The topological polar surface area (TPSA) is 21.3 Å². The maximum Gasteiger partial charge on any atom is 0.119 e. The van der Waals surface area contributed by atoms with Gasteiger partial charge in [-0.2, -0.15) is 0 Å². The lowest BCUT2D eigenvalue weighted by atomic mass is 9.94. The third-order valence-corrected chi connectivity index (χ3v) is 4.48. The predicted octanol–water partition coefficient (Wildman–Crippen LogP) is 4.25. The Labute approximate surface area is 112 Å². The van der Waals surface area contributed by atoms with Crippen molar-refractivity contribution in [3.8, 4) is 5.75 Å². The Morgan fingerprint density at radius 1 is 1.22 bits per heavy atom. The molecule has 3 heteroatoms. The summed E-state index contributed by atoms with van der Waals surface area (Å²) in [7, 11) is 1.70. The van der Waals surface area contributed by atoms with Gasteiger partial charge in [-0.1, -0.05) is 0 Å². The summed E-state index contributed by atoms with van der Waals surface area (Å²) < 4.78 is 5.18. The van der Waals surface area contributed by atoms with Crippen LogP contribution in [-0.2, 0) is 6.42 Å². The number of methoxy groups -OCH3 is 1. The van der Waals surface area contributed by atoms with E-state index >= 15 is 0 Å². The third kappa shape index (κ3) is 2.23. The summed E-state index contributed by atoms with van der Waals surface area (Å²) in [6.45, 7) is 0. The Hall–Kier alpha value is -1.48. The highest BCUT2D eigenvalue weighted by atomic mass is 32.1. The summed E-state index contributed by atoms with van der Waals surface area (Å²) in [5.74, 6) is 0.903. The SMILES string of the molecule is COc1ccc(NC2CCCc3sccc32)cc1. The van der Waals surface area contributed by atoms with E-state index in [4.69, 9.17) is 4.74 Å². The van der Waals surface area contributed by atoms with Crippen molar-refractivity contribution in [2.24, 2.45) is 0 Å². The van der Waals surface area contributed by atoms with Crippen LogP contribution in [0.2, 0.25) is 0 Å². The molecular formula is C15H17NOS. The van der Waals surface area contributed by atoms with Gasteiger partial charge in [0.05, 0.1) is 13.2 Å². The lowest BCUT2D eigenvalue weighted by Crippen LogP contribution is -2.15. The Balaban J connectivity index is 1.77. The molecule has 0 saturated carbocycles. The smallest absolute Gasteiger partial charge is 0.119 e. The minimum absolute atomic E-state index is 0.466. The first-order chi connectivity index (χ1) is 8.86. The number of aryl methyl sites for hydroxylation is 1. The molecule has 0 spiro atoms. The number of rotatable bonds is 3.